The molecule has 6 nitrogen and oxygen atoms in total. The summed E-state index contributed by atoms with van der Waals surface area (Å²) >= 11 is 0. The van der Waals surface area contributed by atoms with E-state index in [0.717, 1.165) is 0 Å². The summed E-state index contributed by atoms with van der Waals surface area (Å²) in [5.41, 5.74) is -0.825. The second kappa shape index (κ2) is 4.72. The van der Waals surface area contributed by atoms with Gasteiger partial charge in [0.05, 0.1) is 13.1 Å². The third-order valence-corrected chi connectivity index (χ3v) is 3.39. The maximum atomic E-state index is 12.0. The van der Waals surface area contributed by atoms with E-state index in [2.05, 4.69) is 15.3 Å². The number of aromatic nitrogens is 2. The molecule has 0 aliphatic carbocycles. The van der Waals surface area contributed by atoms with Crippen molar-refractivity contribution >= 4 is 11.8 Å². The molecule has 96 valence electrons. The van der Waals surface area contributed by atoms with Crippen molar-refractivity contribution in [3.8, 4) is 0 Å². The Morgan fingerprint density at radius 2 is 2.06 bits per heavy atom. The second-order valence-corrected chi connectivity index (χ2v) is 4.45. The maximum absolute atomic E-state index is 12.0. The van der Waals surface area contributed by atoms with Crippen molar-refractivity contribution in [2.24, 2.45) is 0 Å². The molecule has 6 heteroatoms. The average molecular weight is 248 g/mol. The van der Waals surface area contributed by atoms with Gasteiger partial charge in [-0.25, -0.2) is 9.97 Å². The normalized spacial score (nSPS) is 24.0. The van der Waals surface area contributed by atoms with Crippen LogP contribution in [0.5, 0.6) is 0 Å². The molecule has 0 radical (unpaired) electrons. The molecule has 0 bridgehead atoms. The van der Waals surface area contributed by atoms with Crippen molar-refractivity contribution in [1.29, 1.82) is 0 Å². The lowest BCUT2D eigenvalue weighted by molar-refractivity contribution is -0.153. The second-order valence-electron chi connectivity index (χ2n) is 4.45. The zero-order valence-electron chi connectivity index (χ0n) is 10.5. The van der Waals surface area contributed by atoms with E-state index in [4.69, 9.17) is 0 Å². The van der Waals surface area contributed by atoms with E-state index in [1.54, 1.807) is 30.3 Å². The standard InChI is InChI=1S/C12H16N4O2/c1-3-12(2)11(18)15-7-10(17)16(12)8-9-13-5-4-6-14-9/h4-6H,3,7-8H2,1-2H3,(H,15,18). The van der Waals surface area contributed by atoms with Gasteiger partial charge in [0.15, 0.2) is 0 Å². The van der Waals surface area contributed by atoms with Gasteiger partial charge in [-0.15, -0.1) is 0 Å². The van der Waals surface area contributed by atoms with E-state index in [0.29, 0.717) is 12.2 Å². The highest BCUT2D eigenvalue weighted by molar-refractivity contribution is 5.97. The van der Waals surface area contributed by atoms with E-state index < -0.39 is 5.54 Å². The first-order chi connectivity index (χ1) is 8.58. The number of piperazine rings is 1. The van der Waals surface area contributed by atoms with Crippen LogP contribution in [0.2, 0.25) is 0 Å². The first-order valence-corrected chi connectivity index (χ1v) is 5.92. The topological polar surface area (TPSA) is 75.2 Å². The Morgan fingerprint density at radius 1 is 1.39 bits per heavy atom. The zero-order valence-corrected chi connectivity index (χ0v) is 10.5. The van der Waals surface area contributed by atoms with Crippen LogP contribution in [0, 0.1) is 0 Å². The first kappa shape index (κ1) is 12.5. The van der Waals surface area contributed by atoms with Gasteiger partial charge in [0.1, 0.15) is 11.4 Å². The van der Waals surface area contributed by atoms with Gasteiger partial charge in [0.2, 0.25) is 11.8 Å². The van der Waals surface area contributed by atoms with Crippen LogP contribution in [0.3, 0.4) is 0 Å². The van der Waals surface area contributed by atoms with Crippen LogP contribution in [0.4, 0.5) is 0 Å². The molecule has 1 aromatic rings. The molecule has 0 aromatic carbocycles. The summed E-state index contributed by atoms with van der Waals surface area (Å²) in [6.07, 6.45) is 3.80. The number of nitrogens with zero attached hydrogens (tertiary/aromatic N) is 3. The number of nitrogens with one attached hydrogen (secondary N) is 1. The minimum atomic E-state index is -0.825. The fourth-order valence-corrected chi connectivity index (χ4v) is 2.01. The van der Waals surface area contributed by atoms with Gasteiger partial charge < -0.3 is 10.2 Å². The summed E-state index contributed by atoms with van der Waals surface area (Å²) in [6, 6.07) is 1.72. The highest BCUT2D eigenvalue weighted by Crippen LogP contribution is 2.24. The smallest absolute Gasteiger partial charge is 0.246 e. The minimum Gasteiger partial charge on any atom is -0.345 e. The van der Waals surface area contributed by atoms with Crippen molar-refractivity contribution in [3.63, 3.8) is 0 Å². The zero-order chi connectivity index (χ0) is 13.2. The van der Waals surface area contributed by atoms with Crippen molar-refractivity contribution < 1.29 is 9.59 Å². The Labute approximate surface area is 105 Å². The number of amides is 2. The van der Waals surface area contributed by atoms with Crippen LogP contribution in [0.1, 0.15) is 26.1 Å². The predicted molar refractivity (Wildman–Crippen MR) is 64.3 cm³/mol. The van der Waals surface area contributed by atoms with Crippen LogP contribution in [-0.4, -0.2) is 38.8 Å². The molecule has 1 unspecified atom stereocenters. The summed E-state index contributed by atoms with van der Waals surface area (Å²) in [7, 11) is 0. The molecule has 1 saturated heterocycles. The van der Waals surface area contributed by atoms with Crippen molar-refractivity contribution in [3.05, 3.63) is 24.3 Å². The van der Waals surface area contributed by atoms with Gasteiger partial charge in [0.25, 0.3) is 0 Å². The lowest BCUT2D eigenvalue weighted by atomic mass is 9.92. The predicted octanol–water partition coefficient (Wildman–Crippen LogP) is 0.104. The molecule has 0 spiro atoms. The van der Waals surface area contributed by atoms with Crippen LogP contribution in [0.25, 0.3) is 0 Å². The van der Waals surface area contributed by atoms with Gasteiger partial charge >= 0.3 is 0 Å². The molecule has 0 saturated carbocycles. The average Bonchev–Trinajstić information content (AvgIpc) is 2.40. The van der Waals surface area contributed by atoms with Crippen molar-refractivity contribution in [2.75, 3.05) is 6.54 Å². The molecule has 2 amide bonds. The summed E-state index contributed by atoms with van der Waals surface area (Å²) in [5.74, 6) is 0.312. The fourth-order valence-electron chi connectivity index (χ4n) is 2.01. The summed E-state index contributed by atoms with van der Waals surface area (Å²) < 4.78 is 0. The third-order valence-electron chi connectivity index (χ3n) is 3.39. The number of carbonyl (C=O) groups is 2. The third kappa shape index (κ3) is 2.05. The number of hydrogen-bond acceptors (Lipinski definition) is 4. The molecular formula is C12H16N4O2. The quantitative estimate of drug-likeness (QED) is 0.823. The Balaban J connectivity index is 2.27. The van der Waals surface area contributed by atoms with Crippen molar-refractivity contribution in [2.45, 2.75) is 32.4 Å². The molecule has 2 rings (SSSR count). The monoisotopic (exact) mass is 248 g/mol. The first-order valence-electron chi connectivity index (χ1n) is 5.92. The molecule has 1 atom stereocenters. The summed E-state index contributed by atoms with van der Waals surface area (Å²) in [5, 5.41) is 2.62. The number of rotatable bonds is 3. The lowest BCUT2D eigenvalue weighted by Gasteiger charge is -2.42. The number of carbonyl (C=O) groups excluding carboxylic acids is 2. The lowest BCUT2D eigenvalue weighted by Crippen LogP contribution is -2.65. The number of hydrogen-bond donors (Lipinski definition) is 1. The van der Waals surface area contributed by atoms with Gasteiger partial charge in [-0.3, -0.25) is 9.59 Å². The van der Waals surface area contributed by atoms with Gasteiger partial charge in [-0.05, 0) is 19.4 Å². The summed E-state index contributed by atoms with van der Waals surface area (Å²) in [4.78, 5) is 33.7. The Morgan fingerprint density at radius 3 is 2.67 bits per heavy atom. The fraction of sp³-hybridized carbons (Fsp3) is 0.500. The maximum Gasteiger partial charge on any atom is 0.246 e. The van der Waals surface area contributed by atoms with Crippen LogP contribution < -0.4 is 5.32 Å². The van der Waals surface area contributed by atoms with E-state index in [9.17, 15) is 9.59 Å². The van der Waals surface area contributed by atoms with Gasteiger partial charge in [-0.1, -0.05) is 6.92 Å². The van der Waals surface area contributed by atoms with Gasteiger partial charge in [0, 0.05) is 12.4 Å². The van der Waals surface area contributed by atoms with E-state index >= 15 is 0 Å². The van der Waals surface area contributed by atoms with E-state index in [1.165, 1.54) is 0 Å². The molecule has 1 fully saturated rings. The Kier molecular flexibility index (Phi) is 3.27. The molecule has 1 aromatic heterocycles. The van der Waals surface area contributed by atoms with Crippen molar-refractivity contribution in [1.82, 2.24) is 20.2 Å². The molecule has 2 heterocycles. The molecular weight excluding hydrogens is 232 g/mol. The Hall–Kier alpha value is -1.98. The molecule has 1 N–H and O–H groups in total. The molecule has 1 aliphatic rings. The highest BCUT2D eigenvalue weighted by Gasteiger charge is 2.44. The summed E-state index contributed by atoms with van der Waals surface area (Å²) in [6.45, 7) is 3.96. The minimum absolute atomic E-state index is 0.0429. The Bertz CT molecular complexity index is 462. The van der Waals surface area contributed by atoms with Crippen LogP contribution in [0.15, 0.2) is 18.5 Å². The van der Waals surface area contributed by atoms with E-state index in [1.807, 2.05) is 6.92 Å². The SMILES string of the molecule is CCC1(C)C(=O)NCC(=O)N1Cc1ncccn1. The molecule has 1 aliphatic heterocycles. The highest BCUT2D eigenvalue weighted by atomic mass is 16.2. The largest absolute Gasteiger partial charge is 0.345 e. The molecule has 18 heavy (non-hydrogen) atoms. The van der Waals surface area contributed by atoms with Crippen LogP contribution in [-0.2, 0) is 16.1 Å². The van der Waals surface area contributed by atoms with Gasteiger partial charge in [-0.2, -0.15) is 0 Å². The van der Waals surface area contributed by atoms with E-state index in [-0.39, 0.29) is 24.9 Å². The van der Waals surface area contributed by atoms with Crippen LogP contribution >= 0.6 is 0 Å².